The van der Waals surface area contributed by atoms with Crippen LogP contribution in [0.3, 0.4) is 0 Å². The van der Waals surface area contributed by atoms with Crippen molar-refractivity contribution < 1.29 is 13.5 Å². The number of hydrogen-bond acceptors (Lipinski definition) is 4. The summed E-state index contributed by atoms with van der Waals surface area (Å²) in [6, 6.07) is 1.89. The molecule has 1 N–H and O–H groups in total. The number of hydrogen-bond donors (Lipinski definition) is 1. The Morgan fingerprint density at radius 1 is 1.24 bits per heavy atom. The van der Waals surface area contributed by atoms with Crippen molar-refractivity contribution in [2.24, 2.45) is 5.92 Å². The van der Waals surface area contributed by atoms with Crippen molar-refractivity contribution in [2.45, 2.75) is 56.5 Å². The van der Waals surface area contributed by atoms with E-state index in [-0.39, 0.29) is 5.25 Å². The molecule has 2 saturated carbocycles. The first-order valence-corrected chi connectivity index (χ1v) is 9.29. The standard InChI is InChI=1S/C14H21N3O3S/c18-14(10-2-3-10)13-8-11-9-16(6-1-7-17(11)15-13)21(19,20)12-4-5-12/h8,10,12,14,18H,1-7,9H2/t14-/m1/s1. The minimum Gasteiger partial charge on any atom is -0.386 e. The third-order valence-electron chi connectivity index (χ3n) is 4.68. The predicted octanol–water partition coefficient (Wildman–Crippen LogP) is 1.02. The lowest BCUT2D eigenvalue weighted by molar-refractivity contribution is 0.148. The zero-order valence-electron chi connectivity index (χ0n) is 12.0. The van der Waals surface area contributed by atoms with Crippen LogP contribution in [0.25, 0.3) is 0 Å². The van der Waals surface area contributed by atoms with Gasteiger partial charge in [0.25, 0.3) is 0 Å². The van der Waals surface area contributed by atoms with Crippen molar-refractivity contribution >= 4 is 10.0 Å². The Labute approximate surface area is 124 Å². The van der Waals surface area contributed by atoms with Gasteiger partial charge in [-0.2, -0.15) is 9.40 Å². The van der Waals surface area contributed by atoms with Crippen LogP contribution >= 0.6 is 0 Å². The van der Waals surface area contributed by atoms with Gasteiger partial charge >= 0.3 is 0 Å². The Hall–Kier alpha value is -0.920. The first kappa shape index (κ1) is 13.7. The summed E-state index contributed by atoms with van der Waals surface area (Å²) in [6.45, 7) is 1.69. The highest BCUT2D eigenvalue weighted by Gasteiger charge is 2.41. The highest BCUT2D eigenvalue weighted by molar-refractivity contribution is 7.90. The van der Waals surface area contributed by atoms with Gasteiger partial charge in [0.05, 0.1) is 23.2 Å². The van der Waals surface area contributed by atoms with Gasteiger partial charge in [-0.25, -0.2) is 8.42 Å². The van der Waals surface area contributed by atoms with Crippen molar-refractivity contribution in [3.05, 3.63) is 17.5 Å². The molecule has 1 aromatic rings. The number of aromatic nitrogens is 2. The summed E-state index contributed by atoms with van der Waals surface area (Å²) in [7, 11) is -3.14. The lowest BCUT2D eigenvalue weighted by Crippen LogP contribution is -2.33. The quantitative estimate of drug-likeness (QED) is 0.901. The number of aliphatic hydroxyl groups excluding tert-OH is 1. The molecule has 0 radical (unpaired) electrons. The molecule has 1 aromatic heterocycles. The van der Waals surface area contributed by atoms with Gasteiger partial charge in [-0.15, -0.1) is 0 Å². The number of sulfonamides is 1. The minimum atomic E-state index is -3.14. The number of nitrogens with zero attached hydrogens (tertiary/aromatic N) is 3. The van der Waals surface area contributed by atoms with E-state index in [1.54, 1.807) is 4.31 Å². The fourth-order valence-corrected chi connectivity index (χ4v) is 4.90. The largest absolute Gasteiger partial charge is 0.386 e. The molecule has 0 unspecified atom stereocenters. The number of aryl methyl sites for hydroxylation is 1. The molecule has 6 nitrogen and oxygen atoms in total. The van der Waals surface area contributed by atoms with Crippen LogP contribution in [0.4, 0.5) is 0 Å². The second-order valence-corrected chi connectivity index (χ2v) is 8.71. The van der Waals surface area contributed by atoms with Crippen LogP contribution < -0.4 is 0 Å². The smallest absolute Gasteiger partial charge is 0.217 e. The van der Waals surface area contributed by atoms with E-state index in [4.69, 9.17) is 0 Å². The Kier molecular flexibility index (Phi) is 3.13. The van der Waals surface area contributed by atoms with Crippen molar-refractivity contribution in [3.8, 4) is 0 Å². The monoisotopic (exact) mass is 311 g/mol. The number of aliphatic hydroxyl groups is 1. The second kappa shape index (κ2) is 4.79. The molecule has 0 spiro atoms. The van der Waals surface area contributed by atoms with Gasteiger partial charge in [-0.1, -0.05) is 0 Å². The van der Waals surface area contributed by atoms with Crippen molar-refractivity contribution in [2.75, 3.05) is 6.54 Å². The van der Waals surface area contributed by atoms with Gasteiger partial charge in [0.15, 0.2) is 0 Å². The molecule has 21 heavy (non-hydrogen) atoms. The van der Waals surface area contributed by atoms with Gasteiger partial charge in [0.2, 0.25) is 10.0 Å². The summed E-state index contributed by atoms with van der Waals surface area (Å²) in [5.74, 6) is 0.343. The SMILES string of the molecule is O=S(=O)(C1CC1)N1CCCn2nc([C@H](O)C3CC3)cc2C1. The summed E-state index contributed by atoms with van der Waals surface area (Å²) in [6.07, 6.45) is 4.00. The maximum Gasteiger partial charge on any atom is 0.217 e. The molecule has 0 aromatic carbocycles. The summed E-state index contributed by atoms with van der Waals surface area (Å²) in [4.78, 5) is 0. The fourth-order valence-electron chi connectivity index (χ4n) is 3.05. The number of fused-ring (bicyclic) bond motifs is 1. The van der Waals surface area contributed by atoms with Crippen molar-refractivity contribution in [1.82, 2.24) is 14.1 Å². The van der Waals surface area contributed by atoms with Crippen molar-refractivity contribution in [1.29, 1.82) is 0 Å². The molecule has 7 heteroatoms. The normalized spacial score (nSPS) is 25.4. The highest BCUT2D eigenvalue weighted by Crippen LogP contribution is 2.41. The molecule has 1 aliphatic heterocycles. The van der Waals surface area contributed by atoms with Crippen LogP contribution in [-0.2, 0) is 23.1 Å². The van der Waals surface area contributed by atoms with Crippen LogP contribution in [0.15, 0.2) is 6.07 Å². The van der Waals surface area contributed by atoms with E-state index >= 15 is 0 Å². The van der Waals surface area contributed by atoms with E-state index in [2.05, 4.69) is 5.10 Å². The average molecular weight is 311 g/mol. The van der Waals surface area contributed by atoms with Crippen LogP contribution in [-0.4, -0.2) is 39.4 Å². The van der Waals surface area contributed by atoms with E-state index in [0.717, 1.165) is 44.3 Å². The summed E-state index contributed by atoms with van der Waals surface area (Å²) >= 11 is 0. The second-order valence-electron chi connectivity index (χ2n) is 6.50. The van der Waals surface area contributed by atoms with Gasteiger partial charge < -0.3 is 5.11 Å². The molecule has 116 valence electrons. The molecule has 2 aliphatic carbocycles. The van der Waals surface area contributed by atoms with Crippen LogP contribution in [0, 0.1) is 5.92 Å². The third kappa shape index (κ3) is 2.51. The molecule has 2 fully saturated rings. The summed E-state index contributed by atoms with van der Waals surface area (Å²) in [5.41, 5.74) is 1.62. The predicted molar refractivity (Wildman–Crippen MR) is 76.9 cm³/mol. The maximum atomic E-state index is 12.4. The molecular weight excluding hydrogens is 290 g/mol. The third-order valence-corrected chi connectivity index (χ3v) is 7.02. The topological polar surface area (TPSA) is 75.4 Å². The molecule has 2 heterocycles. The van der Waals surface area contributed by atoms with Gasteiger partial charge in [0, 0.05) is 13.1 Å². The molecule has 4 rings (SSSR count). The zero-order valence-corrected chi connectivity index (χ0v) is 12.8. The summed E-state index contributed by atoms with van der Waals surface area (Å²) < 4.78 is 28.3. The van der Waals surface area contributed by atoms with E-state index in [1.165, 1.54) is 0 Å². The average Bonchev–Trinajstić information content (AvgIpc) is 3.33. The van der Waals surface area contributed by atoms with Gasteiger partial charge in [0.1, 0.15) is 6.10 Å². The lowest BCUT2D eigenvalue weighted by atomic mass is 10.1. The fraction of sp³-hybridized carbons (Fsp3) is 0.786. The highest BCUT2D eigenvalue weighted by atomic mass is 32.2. The lowest BCUT2D eigenvalue weighted by Gasteiger charge is -2.19. The van der Waals surface area contributed by atoms with E-state index < -0.39 is 16.1 Å². The van der Waals surface area contributed by atoms with Gasteiger partial charge in [-0.3, -0.25) is 4.68 Å². The first-order valence-electron chi connectivity index (χ1n) is 7.79. The molecule has 1 atom stereocenters. The Balaban J connectivity index is 1.59. The minimum absolute atomic E-state index is 0.163. The molecule has 0 amide bonds. The van der Waals surface area contributed by atoms with Gasteiger partial charge in [-0.05, 0) is 44.1 Å². The maximum absolute atomic E-state index is 12.4. The Morgan fingerprint density at radius 3 is 2.67 bits per heavy atom. The first-order chi connectivity index (χ1) is 10.1. The molecule has 0 saturated heterocycles. The van der Waals surface area contributed by atoms with E-state index in [0.29, 0.717) is 24.7 Å². The zero-order chi connectivity index (χ0) is 14.6. The van der Waals surface area contributed by atoms with Crippen molar-refractivity contribution in [3.63, 3.8) is 0 Å². The number of rotatable bonds is 4. The Morgan fingerprint density at radius 2 is 2.00 bits per heavy atom. The van der Waals surface area contributed by atoms with Crippen LogP contribution in [0.2, 0.25) is 0 Å². The molecule has 3 aliphatic rings. The van der Waals surface area contributed by atoms with E-state index in [9.17, 15) is 13.5 Å². The van der Waals surface area contributed by atoms with Crippen LogP contribution in [0.1, 0.15) is 49.6 Å². The molecular formula is C14H21N3O3S. The summed E-state index contributed by atoms with van der Waals surface area (Å²) in [5, 5.41) is 14.5. The van der Waals surface area contributed by atoms with E-state index in [1.807, 2.05) is 10.7 Å². The van der Waals surface area contributed by atoms with Crippen LogP contribution in [0.5, 0.6) is 0 Å². The molecule has 0 bridgehead atoms. The Bertz CT molecular complexity index is 646.